The van der Waals surface area contributed by atoms with Crippen LogP contribution in [0.1, 0.15) is 24.8 Å². The van der Waals surface area contributed by atoms with Crippen LogP contribution in [0.4, 0.5) is 22.0 Å². The molecule has 2 heterocycles. The highest BCUT2D eigenvalue weighted by atomic mass is 16.6. The first kappa shape index (κ1) is 21.7. The molecule has 3 N–H and O–H groups in total. The zero-order valence-corrected chi connectivity index (χ0v) is 18.0. The van der Waals surface area contributed by atoms with Crippen molar-refractivity contribution in [3.8, 4) is 11.3 Å². The fourth-order valence-corrected chi connectivity index (χ4v) is 3.55. The van der Waals surface area contributed by atoms with E-state index < -0.39 is 6.09 Å². The van der Waals surface area contributed by atoms with E-state index in [0.29, 0.717) is 18.1 Å². The molecule has 2 aromatic carbocycles. The molecule has 0 radical (unpaired) electrons. The molecule has 4 rings (SSSR count). The number of hydrogen-bond acceptors (Lipinski definition) is 7. The van der Waals surface area contributed by atoms with Gasteiger partial charge in [-0.05, 0) is 61.7 Å². The first-order valence-corrected chi connectivity index (χ1v) is 10.7. The van der Waals surface area contributed by atoms with Gasteiger partial charge in [-0.1, -0.05) is 18.2 Å². The van der Waals surface area contributed by atoms with Gasteiger partial charge in [-0.15, -0.1) is 0 Å². The number of benzene rings is 2. The van der Waals surface area contributed by atoms with Gasteiger partial charge in [0.2, 0.25) is 0 Å². The maximum absolute atomic E-state index is 12.1. The van der Waals surface area contributed by atoms with Gasteiger partial charge in [-0.2, -0.15) is 0 Å². The van der Waals surface area contributed by atoms with Gasteiger partial charge >= 0.3 is 6.09 Å². The number of nitrogens with zero attached hydrogens (tertiary/aromatic N) is 2. The molecular formula is C24H27N5O3. The molecule has 1 aliphatic rings. The van der Waals surface area contributed by atoms with E-state index in [1.807, 2.05) is 48.5 Å². The highest BCUT2D eigenvalue weighted by Crippen LogP contribution is 2.23. The largest absolute Gasteiger partial charge is 0.430 e. The van der Waals surface area contributed by atoms with Crippen LogP contribution >= 0.6 is 0 Å². The second-order valence-corrected chi connectivity index (χ2v) is 7.59. The number of hydrogen-bond donors (Lipinski definition) is 3. The number of carbonyl (C=O) groups excluding carboxylic acids is 1. The molecule has 0 saturated carbocycles. The lowest BCUT2D eigenvalue weighted by Gasteiger charge is -2.23. The molecule has 1 aromatic heterocycles. The zero-order valence-electron chi connectivity index (χ0n) is 18.0. The molecule has 3 aromatic rings. The summed E-state index contributed by atoms with van der Waals surface area (Å²) in [4.78, 5) is 20.8. The highest BCUT2D eigenvalue weighted by molar-refractivity contribution is 5.85. The van der Waals surface area contributed by atoms with Crippen molar-refractivity contribution >= 4 is 23.3 Å². The van der Waals surface area contributed by atoms with Crippen molar-refractivity contribution in [2.45, 2.75) is 32.1 Å². The molecule has 1 amide bonds. The third-order valence-electron chi connectivity index (χ3n) is 5.12. The quantitative estimate of drug-likeness (QED) is 0.498. The number of rotatable bonds is 7. The number of aromatic nitrogens is 2. The Morgan fingerprint density at radius 3 is 2.72 bits per heavy atom. The maximum Gasteiger partial charge on any atom is 0.413 e. The number of carbonyl (C=O) groups is 1. The predicted molar refractivity (Wildman–Crippen MR) is 124 cm³/mol. The molecule has 0 bridgehead atoms. The average molecular weight is 434 g/mol. The molecule has 1 atom stereocenters. The number of ether oxygens (including phenoxy) is 2. The van der Waals surface area contributed by atoms with E-state index in [-0.39, 0.29) is 6.23 Å². The number of piperidine rings is 1. The average Bonchev–Trinajstić information content (AvgIpc) is 2.82. The number of methoxy groups -OCH3 is 1. The van der Waals surface area contributed by atoms with Crippen LogP contribution in [0.3, 0.4) is 0 Å². The van der Waals surface area contributed by atoms with E-state index in [1.54, 1.807) is 7.11 Å². The van der Waals surface area contributed by atoms with Crippen LogP contribution in [0.5, 0.6) is 0 Å². The predicted octanol–water partition coefficient (Wildman–Crippen LogP) is 4.68. The lowest BCUT2D eigenvalue weighted by molar-refractivity contribution is 0.0716. The summed E-state index contributed by atoms with van der Waals surface area (Å²) in [6.45, 7) is 1.43. The van der Waals surface area contributed by atoms with E-state index >= 15 is 0 Å². The Bertz CT molecular complexity index is 1040. The summed E-state index contributed by atoms with van der Waals surface area (Å²) in [5.74, 6) is 0.677. The monoisotopic (exact) mass is 433 g/mol. The van der Waals surface area contributed by atoms with Gasteiger partial charge in [0.1, 0.15) is 12.1 Å². The third-order valence-corrected chi connectivity index (χ3v) is 5.12. The molecule has 1 fully saturated rings. The van der Waals surface area contributed by atoms with E-state index in [4.69, 9.17) is 9.47 Å². The van der Waals surface area contributed by atoms with E-state index in [0.717, 1.165) is 48.3 Å². The standard InChI is InChI=1S/C24H27N5O3/c1-31-15-17-5-4-6-18(13-17)21-14-22(27-16-26-21)28-19-8-10-20(11-9-19)29-24(30)32-23-7-2-3-12-25-23/h4-6,8-11,13-14,16,23,25H,2-3,7,12,15H2,1H3,(H,29,30)(H,26,27,28)/t23-/m0/s1. The van der Waals surface area contributed by atoms with E-state index in [9.17, 15) is 4.79 Å². The van der Waals surface area contributed by atoms with E-state index in [1.165, 1.54) is 6.33 Å². The third kappa shape index (κ3) is 6.03. The summed E-state index contributed by atoms with van der Waals surface area (Å²) >= 11 is 0. The minimum Gasteiger partial charge on any atom is -0.430 e. The van der Waals surface area contributed by atoms with Crippen LogP contribution in [0.2, 0.25) is 0 Å². The van der Waals surface area contributed by atoms with Crippen molar-refractivity contribution in [3.05, 3.63) is 66.5 Å². The lowest BCUT2D eigenvalue weighted by Crippen LogP contribution is -2.38. The van der Waals surface area contributed by atoms with Gasteiger partial charge in [-0.3, -0.25) is 10.6 Å². The smallest absolute Gasteiger partial charge is 0.413 e. The van der Waals surface area contributed by atoms with Crippen LogP contribution in [0.15, 0.2) is 60.9 Å². The summed E-state index contributed by atoms with van der Waals surface area (Å²) in [6.07, 6.45) is 3.88. The molecule has 0 aliphatic carbocycles. The van der Waals surface area contributed by atoms with Crippen molar-refractivity contribution < 1.29 is 14.3 Å². The Kier molecular flexibility index (Phi) is 7.27. The normalized spacial score (nSPS) is 15.7. The molecule has 0 spiro atoms. The molecule has 32 heavy (non-hydrogen) atoms. The summed E-state index contributed by atoms with van der Waals surface area (Å²) in [6, 6.07) is 17.3. The highest BCUT2D eigenvalue weighted by Gasteiger charge is 2.16. The van der Waals surface area contributed by atoms with Crippen molar-refractivity contribution in [1.29, 1.82) is 0 Å². The Morgan fingerprint density at radius 1 is 1.09 bits per heavy atom. The molecule has 1 saturated heterocycles. The molecule has 8 nitrogen and oxygen atoms in total. The van der Waals surface area contributed by atoms with Crippen molar-refractivity contribution in [3.63, 3.8) is 0 Å². The molecule has 0 unspecified atom stereocenters. The van der Waals surface area contributed by atoms with Gasteiger partial charge in [0, 0.05) is 30.1 Å². The second-order valence-electron chi connectivity index (χ2n) is 7.59. The number of anilines is 3. The van der Waals surface area contributed by atoms with Crippen LogP contribution in [-0.4, -0.2) is 35.9 Å². The fourth-order valence-electron chi connectivity index (χ4n) is 3.55. The first-order chi connectivity index (χ1) is 15.7. The molecular weight excluding hydrogens is 406 g/mol. The van der Waals surface area contributed by atoms with Crippen LogP contribution in [-0.2, 0) is 16.1 Å². The fraction of sp³-hybridized carbons (Fsp3) is 0.292. The second kappa shape index (κ2) is 10.7. The summed E-state index contributed by atoms with van der Waals surface area (Å²) in [5.41, 5.74) is 4.40. The molecule has 8 heteroatoms. The van der Waals surface area contributed by atoms with Gasteiger partial charge < -0.3 is 14.8 Å². The number of nitrogens with one attached hydrogen (secondary N) is 3. The summed E-state index contributed by atoms with van der Waals surface area (Å²) in [5, 5.41) is 9.22. The molecule has 166 valence electrons. The minimum atomic E-state index is -0.457. The Balaban J connectivity index is 1.36. The first-order valence-electron chi connectivity index (χ1n) is 10.7. The van der Waals surface area contributed by atoms with Crippen molar-refractivity contribution in [1.82, 2.24) is 15.3 Å². The molecule has 1 aliphatic heterocycles. The Labute approximate surface area is 187 Å². The van der Waals surface area contributed by atoms with Gasteiger partial charge in [0.05, 0.1) is 12.3 Å². The van der Waals surface area contributed by atoms with E-state index in [2.05, 4.69) is 32.0 Å². The lowest BCUT2D eigenvalue weighted by atomic mass is 10.1. The van der Waals surface area contributed by atoms with Crippen molar-refractivity contribution in [2.24, 2.45) is 0 Å². The van der Waals surface area contributed by atoms with Crippen LogP contribution in [0, 0.1) is 0 Å². The zero-order chi connectivity index (χ0) is 22.2. The topological polar surface area (TPSA) is 97.4 Å². The SMILES string of the molecule is COCc1cccc(-c2cc(Nc3ccc(NC(=O)O[C@H]4CCCCN4)cc3)ncn2)c1. The minimum absolute atomic E-state index is 0.216. The Morgan fingerprint density at radius 2 is 1.94 bits per heavy atom. The Hall–Kier alpha value is -3.49. The van der Waals surface area contributed by atoms with Crippen LogP contribution in [0.25, 0.3) is 11.3 Å². The summed E-state index contributed by atoms with van der Waals surface area (Å²) < 4.78 is 10.6. The van der Waals surface area contributed by atoms with Gasteiger partial charge in [-0.25, -0.2) is 14.8 Å². The summed E-state index contributed by atoms with van der Waals surface area (Å²) in [7, 11) is 1.68. The van der Waals surface area contributed by atoms with Gasteiger partial charge in [0.15, 0.2) is 6.23 Å². The van der Waals surface area contributed by atoms with Gasteiger partial charge in [0.25, 0.3) is 0 Å². The van der Waals surface area contributed by atoms with Crippen LogP contribution < -0.4 is 16.0 Å². The maximum atomic E-state index is 12.1. The van der Waals surface area contributed by atoms with Crippen molar-refractivity contribution in [2.75, 3.05) is 24.3 Å². The number of amides is 1.